The van der Waals surface area contributed by atoms with Gasteiger partial charge in [0.15, 0.2) is 5.13 Å². The molecule has 0 aliphatic carbocycles. The lowest BCUT2D eigenvalue weighted by atomic mass is 10.0. The molecule has 1 aliphatic heterocycles. The molecule has 0 radical (unpaired) electrons. The van der Waals surface area contributed by atoms with Crippen LogP contribution in [0, 0.1) is 13.8 Å². The number of thiophene rings is 1. The van der Waals surface area contributed by atoms with Crippen LogP contribution in [0.2, 0.25) is 0 Å². The van der Waals surface area contributed by atoms with Gasteiger partial charge in [0.25, 0.3) is 10.0 Å². The van der Waals surface area contributed by atoms with Crippen LogP contribution in [0.25, 0.3) is 10.2 Å². The first-order valence-corrected chi connectivity index (χ1v) is 14.3. The summed E-state index contributed by atoms with van der Waals surface area (Å²) in [7, 11) is -3.76. The van der Waals surface area contributed by atoms with Gasteiger partial charge in [0.1, 0.15) is 16.0 Å². The van der Waals surface area contributed by atoms with Crippen molar-refractivity contribution in [2.45, 2.75) is 49.9 Å². The topological polar surface area (TPSA) is 83.7 Å². The molecule has 10 heteroatoms. The number of thiazole rings is 1. The van der Waals surface area contributed by atoms with Gasteiger partial charge in [0.05, 0.1) is 23.0 Å². The average molecular weight is 516 g/mol. The highest BCUT2D eigenvalue weighted by Crippen LogP contribution is 2.36. The standard InChI is InChI=1S/C24H25N3O4S3/c1-16-10-11-17(2)22-21(16)25-24(33-22)26(15-18-7-5-13-31-18)23(28)19-8-3-4-12-27(19)34(29,30)20-9-6-14-32-20/h5-7,9-11,13-14,19H,3-4,8,12,15H2,1-2H3. The second-order valence-corrected chi connectivity index (χ2v) is 12.5. The van der Waals surface area contributed by atoms with Gasteiger partial charge < -0.3 is 4.42 Å². The summed E-state index contributed by atoms with van der Waals surface area (Å²) in [5, 5.41) is 2.29. The fourth-order valence-electron chi connectivity index (χ4n) is 4.31. The number of hydrogen-bond acceptors (Lipinski definition) is 7. The Kier molecular flexibility index (Phi) is 6.32. The summed E-state index contributed by atoms with van der Waals surface area (Å²) in [4.78, 5) is 20.5. The molecule has 1 unspecified atom stereocenters. The zero-order valence-corrected chi connectivity index (χ0v) is 21.4. The van der Waals surface area contributed by atoms with Crippen LogP contribution in [0.1, 0.15) is 36.1 Å². The van der Waals surface area contributed by atoms with E-state index in [1.54, 1.807) is 34.7 Å². The summed E-state index contributed by atoms with van der Waals surface area (Å²) >= 11 is 2.63. The van der Waals surface area contributed by atoms with Gasteiger partial charge in [-0.25, -0.2) is 13.4 Å². The zero-order chi connectivity index (χ0) is 23.9. The molecule has 1 aromatic carbocycles. The summed E-state index contributed by atoms with van der Waals surface area (Å²) < 4.78 is 35.0. The monoisotopic (exact) mass is 515 g/mol. The predicted molar refractivity (Wildman–Crippen MR) is 135 cm³/mol. The molecule has 0 saturated carbocycles. The van der Waals surface area contributed by atoms with Crippen LogP contribution >= 0.6 is 22.7 Å². The first kappa shape index (κ1) is 23.2. The Morgan fingerprint density at radius 3 is 2.71 bits per heavy atom. The maximum Gasteiger partial charge on any atom is 0.253 e. The Labute approximate surface area is 206 Å². The number of hydrogen-bond donors (Lipinski definition) is 0. The summed E-state index contributed by atoms with van der Waals surface area (Å²) in [6.45, 7) is 4.54. The Morgan fingerprint density at radius 2 is 2.00 bits per heavy atom. The molecule has 3 aromatic heterocycles. The van der Waals surface area contributed by atoms with Crippen LogP contribution < -0.4 is 4.90 Å². The molecule has 1 amide bonds. The van der Waals surface area contributed by atoms with E-state index in [9.17, 15) is 13.2 Å². The maximum atomic E-state index is 14.0. The Balaban J connectivity index is 1.56. The number of carbonyl (C=O) groups is 1. The van der Waals surface area contributed by atoms with Gasteiger partial charge in [-0.05, 0) is 61.4 Å². The molecule has 0 N–H and O–H groups in total. The molecule has 1 fully saturated rings. The van der Waals surface area contributed by atoms with E-state index in [1.807, 2.05) is 26.0 Å². The summed E-state index contributed by atoms with van der Waals surface area (Å²) in [6.07, 6.45) is 3.56. The smallest absolute Gasteiger partial charge is 0.253 e. The fourth-order valence-corrected chi connectivity index (χ4v) is 8.19. The summed E-state index contributed by atoms with van der Waals surface area (Å²) in [5.74, 6) is 0.343. The zero-order valence-electron chi connectivity index (χ0n) is 18.9. The lowest BCUT2D eigenvalue weighted by molar-refractivity contribution is -0.123. The largest absolute Gasteiger partial charge is 0.467 e. The number of rotatable bonds is 6. The van der Waals surface area contributed by atoms with Crippen molar-refractivity contribution < 1.29 is 17.6 Å². The van der Waals surface area contributed by atoms with Crippen molar-refractivity contribution in [3.63, 3.8) is 0 Å². The lowest BCUT2D eigenvalue weighted by Gasteiger charge is -2.35. The van der Waals surface area contributed by atoms with Gasteiger partial charge >= 0.3 is 0 Å². The van der Waals surface area contributed by atoms with Crippen molar-refractivity contribution in [3.8, 4) is 0 Å². The van der Waals surface area contributed by atoms with E-state index >= 15 is 0 Å². The Morgan fingerprint density at radius 1 is 1.18 bits per heavy atom. The van der Waals surface area contributed by atoms with Crippen molar-refractivity contribution in [1.29, 1.82) is 0 Å². The first-order valence-electron chi connectivity index (χ1n) is 11.1. The van der Waals surface area contributed by atoms with Crippen LogP contribution in [0.15, 0.2) is 56.7 Å². The van der Waals surface area contributed by atoms with Crippen molar-refractivity contribution in [3.05, 3.63) is 64.9 Å². The van der Waals surface area contributed by atoms with Crippen molar-refractivity contribution in [2.75, 3.05) is 11.4 Å². The molecule has 34 heavy (non-hydrogen) atoms. The number of aryl methyl sites for hydroxylation is 2. The van der Waals surface area contributed by atoms with E-state index in [0.717, 1.165) is 34.2 Å². The van der Waals surface area contributed by atoms with Crippen molar-refractivity contribution >= 4 is 54.0 Å². The normalized spacial score (nSPS) is 17.3. The lowest BCUT2D eigenvalue weighted by Crippen LogP contribution is -2.52. The molecular formula is C24H25N3O4S3. The third-order valence-corrected chi connectivity index (χ3v) is 10.6. The highest BCUT2D eigenvalue weighted by atomic mass is 32.2. The highest BCUT2D eigenvalue weighted by Gasteiger charge is 2.41. The van der Waals surface area contributed by atoms with Crippen LogP contribution in [0.5, 0.6) is 0 Å². The third kappa shape index (κ3) is 4.19. The van der Waals surface area contributed by atoms with E-state index in [0.29, 0.717) is 23.9 Å². The van der Waals surface area contributed by atoms with E-state index < -0.39 is 16.1 Å². The van der Waals surface area contributed by atoms with Gasteiger partial charge in [0, 0.05) is 6.54 Å². The second-order valence-electron chi connectivity index (χ2n) is 8.44. The molecule has 4 aromatic rings. The molecule has 178 valence electrons. The number of amides is 1. The molecule has 1 aliphatic rings. The van der Waals surface area contributed by atoms with E-state index in [2.05, 4.69) is 6.07 Å². The van der Waals surface area contributed by atoms with E-state index in [-0.39, 0.29) is 16.7 Å². The minimum Gasteiger partial charge on any atom is -0.467 e. The number of benzene rings is 1. The number of fused-ring (bicyclic) bond motifs is 1. The number of sulfonamides is 1. The molecule has 0 spiro atoms. The fraction of sp³-hybridized carbons (Fsp3) is 0.333. The third-order valence-electron chi connectivity index (χ3n) is 6.12. The number of furan rings is 1. The van der Waals surface area contributed by atoms with Crippen LogP contribution in [0.4, 0.5) is 5.13 Å². The number of anilines is 1. The van der Waals surface area contributed by atoms with Crippen LogP contribution in [-0.2, 0) is 21.4 Å². The molecule has 7 nitrogen and oxygen atoms in total. The SMILES string of the molecule is Cc1ccc(C)c2sc(N(Cc3ccco3)C(=O)C3CCCCN3S(=O)(=O)c3cccs3)nc12. The minimum absolute atomic E-state index is 0.188. The predicted octanol–water partition coefficient (Wildman–Crippen LogP) is 5.34. The highest BCUT2D eigenvalue weighted by molar-refractivity contribution is 7.91. The van der Waals surface area contributed by atoms with E-state index in [4.69, 9.17) is 9.40 Å². The summed E-state index contributed by atoms with van der Waals surface area (Å²) in [6, 6.07) is 10.2. The number of carbonyl (C=O) groups excluding carboxylic acids is 1. The van der Waals surface area contributed by atoms with Crippen molar-refractivity contribution in [2.24, 2.45) is 0 Å². The molecule has 0 bridgehead atoms. The quantitative estimate of drug-likeness (QED) is 0.346. The molecule has 4 heterocycles. The molecule has 1 atom stereocenters. The van der Waals surface area contributed by atoms with Gasteiger partial charge in [0.2, 0.25) is 5.91 Å². The maximum absolute atomic E-state index is 14.0. The van der Waals surface area contributed by atoms with Gasteiger partial charge in [-0.2, -0.15) is 4.31 Å². The summed E-state index contributed by atoms with van der Waals surface area (Å²) in [5.41, 5.74) is 2.99. The first-order chi connectivity index (χ1) is 16.4. The Hall–Kier alpha value is -2.53. The number of aromatic nitrogens is 1. The molecule has 5 rings (SSSR count). The number of nitrogens with zero attached hydrogens (tertiary/aromatic N) is 3. The van der Waals surface area contributed by atoms with Gasteiger partial charge in [-0.3, -0.25) is 9.69 Å². The second kappa shape index (κ2) is 9.26. The van der Waals surface area contributed by atoms with Gasteiger partial charge in [-0.15, -0.1) is 11.3 Å². The number of piperidine rings is 1. The minimum atomic E-state index is -3.76. The molecule has 1 saturated heterocycles. The molecular weight excluding hydrogens is 490 g/mol. The van der Waals surface area contributed by atoms with Crippen molar-refractivity contribution in [1.82, 2.24) is 9.29 Å². The van der Waals surface area contributed by atoms with E-state index in [1.165, 1.54) is 27.0 Å². The van der Waals surface area contributed by atoms with Gasteiger partial charge in [-0.1, -0.05) is 36.0 Å². The van der Waals surface area contributed by atoms with Crippen LogP contribution in [0.3, 0.4) is 0 Å². The average Bonchev–Trinajstić information content (AvgIpc) is 3.61. The Bertz CT molecular complexity index is 1370. The van der Waals surface area contributed by atoms with Crippen LogP contribution in [-0.4, -0.2) is 36.2 Å².